The van der Waals surface area contributed by atoms with Gasteiger partial charge in [0.2, 0.25) is 0 Å². The third-order valence-electron chi connectivity index (χ3n) is 2.42. The fourth-order valence-corrected chi connectivity index (χ4v) is 1.75. The minimum absolute atomic E-state index is 0.00417. The topological polar surface area (TPSA) is 91.7 Å². The summed E-state index contributed by atoms with van der Waals surface area (Å²) >= 11 is 3.16. The van der Waals surface area contributed by atoms with Crippen molar-refractivity contribution in [1.29, 1.82) is 0 Å². The van der Waals surface area contributed by atoms with Crippen molar-refractivity contribution in [1.82, 2.24) is 0 Å². The molecule has 0 heterocycles. The van der Waals surface area contributed by atoms with E-state index in [1.54, 1.807) is 0 Å². The molecule has 0 saturated heterocycles. The predicted molar refractivity (Wildman–Crippen MR) is 66.8 cm³/mol. The van der Waals surface area contributed by atoms with Crippen LogP contribution in [0.3, 0.4) is 0 Å². The van der Waals surface area contributed by atoms with Gasteiger partial charge in [-0.25, -0.2) is 4.79 Å². The van der Waals surface area contributed by atoms with E-state index in [1.807, 2.05) is 0 Å². The van der Waals surface area contributed by atoms with Crippen LogP contribution >= 0.6 is 15.9 Å². The largest absolute Gasteiger partial charge is 0.479 e. The van der Waals surface area contributed by atoms with Crippen molar-refractivity contribution in [2.24, 2.45) is 0 Å². The van der Waals surface area contributed by atoms with Crippen LogP contribution in [0.25, 0.3) is 0 Å². The minimum atomic E-state index is -1.76. The van der Waals surface area contributed by atoms with Gasteiger partial charge in [-0.2, -0.15) is 0 Å². The molecule has 0 saturated carbocycles. The molecule has 0 aromatic heterocycles. The Kier molecular flexibility index (Phi) is 4.75. The standard InChI is InChI=1S/C12H11BrO5/c1-6(15)10(13)7-2-3-9(8(4-7)5-14)11(16)12(17)18/h2-5,10-11,16H,1H3,(H,17,18). The number of rotatable bonds is 5. The Labute approximate surface area is 112 Å². The molecule has 2 unspecified atom stereocenters. The molecule has 2 atom stereocenters. The molecular weight excluding hydrogens is 304 g/mol. The summed E-state index contributed by atoms with van der Waals surface area (Å²) in [7, 11) is 0. The Morgan fingerprint density at radius 1 is 1.39 bits per heavy atom. The number of carbonyl (C=O) groups excluding carboxylic acids is 2. The first-order chi connectivity index (χ1) is 8.38. The number of aliphatic hydroxyl groups is 1. The summed E-state index contributed by atoms with van der Waals surface area (Å²) in [5.41, 5.74) is 0.587. The molecule has 0 aliphatic rings. The van der Waals surface area contributed by atoms with Crippen molar-refractivity contribution < 1.29 is 24.6 Å². The lowest BCUT2D eigenvalue weighted by atomic mass is 9.98. The second-order valence-corrected chi connectivity index (χ2v) is 4.64. The fourth-order valence-electron chi connectivity index (χ4n) is 1.47. The third-order valence-corrected chi connectivity index (χ3v) is 3.59. The number of hydrogen-bond donors (Lipinski definition) is 2. The second-order valence-electron chi connectivity index (χ2n) is 3.72. The number of ketones is 1. The number of aliphatic hydroxyl groups excluding tert-OH is 1. The van der Waals surface area contributed by atoms with Gasteiger partial charge in [-0.1, -0.05) is 28.1 Å². The maximum atomic E-state index is 11.2. The van der Waals surface area contributed by atoms with E-state index in [1.165, 1.54) is 25.1 Å². The Hall–Kier alpha value is -1.53. The van der Waals surface area contributed by atoms with Gasteiger partial charge in [-0.05, 0) is 18.6 Å². The molecule has 18 heavy (non-hydrogen) atoms. The van der Waals surface area contributed by atoms with Crippen molar-refractivity contribution >= 4 is 34.0 Å². The van der Waals surface area contributed by atoms with Gasteiger partial charge in [-0.3, -0.25) is 9.59 Å². The molecular formula is C12H11BrO5. The number of alkyl halides is 1. The van der Waals surface area contributed by atoms with Crippen molar-refractivity contribution in [3.8, 4) is 0 Å². The number of benzene rings is 1. The Morgan fingerprint density at radius 3 is 2.44 bits per heavy atom. The Bertz CT molecular complexity index is 497. The molecule has 96 valence electrons. The minimum Gasteiger partial charge on any atom is -0.479 e. The lowest BCUT2D eigenvalue weighted by Gasteiger charge is -2.12. The molecule has 5 nitrogen and oxygen atoms in total. The number of aliphatic carboxylic acids is 1. The van der Waals surface area contributed by atoms with E-state index in [9.17, 15) is 19.5 Å². The number of Topliss-reactive ketones (excluding diaryl/α,β-unsaturated/α-hetero) is 1. The molecule has 1 rings (SSSR count). The lowest BCUT2D eigenvalue weighted by molar-refractivity contribution is -0.147. The van der Waals surface area contributed by atoms with Crippen LogP contribution in [0.5, 0.6) is 0 Å². The summed E-state index contributed by atoms with van der Waals surface area (Å²) in [6.45, 7) is 1.39. The number of carbonyl (C=O) groups is 3. The summed E-state index contributed by atoms with van der Waals surface area (Å²) in [5, 5.41) is 18.1. The molecule has 2 N–H and O–H groups in total. The normalized spacial score (nSPS) is 13.7. The zero-order chi connectivity index (χ0) is 13.9. The first kappa shape index (κ1) is 14.5. The molecule has 0 radical (unpaired) electrons. The zero-order valence-electron chi connectivity index (χ0n) is 9.46. The summed E-state index contributed by atoms with van der Waals surface area (Å²) < 4.78 is 0. The monoisotopic (exact) mass is 314 g/mol. The van der Waals surface area contributed by atoms with E-state index < -0.39 is 16.9 Å². The van der Waals surface area contributed by atoms with E-state index in [4.69, 9.17) is 5.11 Å². The maximum Gasteiger partial charge on any atom is 0.337 e. The van der Waals surface area contributed by atoms with Crippen molar-refractivity contribution in [3.63, 3.8) is 0 Å². The average molecular weight is 315 g/mol. The van der Waals surface area contributed by atoms with Crippen LogP contribution in [0.2, 0.25) is 0 Å². The Morgan fingerprint density at radius 2 is 2.00 bits per heavy atom. The summed E-state index contributed by atoms with van der Waals surface area (Å²) in [5.74, 6) is -1.58. The van der Waals surface area contributed by atoms with E-state index >= 15 is 0 Å². The number of carboxylic acids is 1. The first-order valence-corrected chi connectivity index (χ1v) is 5.94. The average Bonchev–Trinajstić information content (AvgIpc) is 2.35. The van der Waals surface area contributed by atoms with Crippen molar-refractivity contribution in [2.45, 2.75) is 17.9 Å². The van der Waals surface area contributed by atoms with E-state index in [0.29, 0.717) is 11.8 Å². The van der Waals surface area contributed by atoms with Gasteiger partial charge in [0, 0.05) is 11.1 Å². The Balaban J connectivity index is 3.23. The highest BCUT2D eigenvalue weighted by molar-refractivity contribution is 9.09. The van der Waals surface area contributed by atoms with E-state index in [2.05, 4.69) is 15.9 Å². The number of aldehydes is 1. The molecule has 0 bridgehead atoms. The molecule has 6 heteroatoms. The van der Waals surface area contributed by atoms with Gasteiger partial charge in [0.05, 0.1) is 4.83 Å². The van der Waals surface area contributed by atoms with Crippen LogP contribution in [0.1, 0.15) is 39.3 Å². The van der Waals surface area contributed by atoms with Crippen molar-refractivity contribution in [2.75, 3.05) is 0 Å². The second kappa shape index (κ2) is 5.88. The smallest absolute Gasteiger partial charge is 0.337 e. The highest BCUT2D eigenvalue weighted by Crippen LogP contribution is 2.27. The lowest BCUT2D eigenvalue weighted by Crippen LogP contribution is -2.13. The van der Waals surface area contributed by atoms with Crippen molar-refractivity contribution in [3.05, 3.63) is 34.9 Å². The van der Waals surface area contributed by atoms with Gasteiger partial charge in [-0.15, -0.1) is 0 Å². The van der Waals surface area contributed by atoms with E-state index in [-0.39, 0.29) is 16.9 Å². The van der Waals surface area contributed by atoms with Crippen LogP contribution in [-0.4, -0.2) is 28.3 Å². The first-order valence-electron chi connectivity index (χ1n) is 5.03. The summed E-state index contributed by atoms with van der Waals surface area (Å²) in [4.78, 5) is 32.2. The molecule has 0 aliphatic heterocycles. The predicted octanol–water partition coefficient (Wildman–Crippen LogP) is 1.64. The zero-order valence-corrected chi connectivity index (χ0v) is 11.0. The van der Waals surface area contributed by atoms with Gasteiger partial charge in [0.1, 0.15) is 12.1 Å². The number of hydrogen-bond acceptors (Lipinski definition) is 4. The number of carboxylic acid groups (broad SMARTS) is 1. The molecule has 1 aromatic carbocycles. The van der Waals surface area contributed by atoms with Crippen LogP contribution in [0.4, 0.5) is 0 Å². The highest BCUT2D eigenvalue weighted by Gasteiger charge is 2.21. The van der Waals surface area contributed by atoms with Crippen LogP contribution < -0.4 is 0 Å². The number of halogens is 1. The maximum absolute atomic E-state index is 11.2. The fraction of sp³-hybridized carbons (Fsp3) is 0.250. The summed E-state index contributed by atoms with van der Waals surface area (Å²) in [6, 6.07) is 4.21. The van der Waals surface area contributed by atoms with Gasteiger partial charge >= 0.3 is 5.97 Å². The molecule has 0 amide bonds. The van der Waals surface area contributed by atoms with Crippen LogP contribution in [0.15, 0.2) is 18.2 Å². The highest BCUT2D eigenvalue weighted by atomic mass is 79.9. The molecule has 0 spiro atoms. The molecule has 1 aromatic rings. The third kappa shape index (κ3) is 3.02. The molecule has 0 fully saturated rings. The van der Waals surface area contributed by atoms with Gasteiger partial charge in [0.15, 0.2) is 6.10 Å². The van der Waals surface area contributed by atoms with Crippen LogP contribution in [-0.2, 0) is 9.59 Å². The summed E-state index contributed by atoms with van der Waals surface area (Å²) in [6.07, 6.45) is -1.31. The quantitative estimate of drug-likeness (QED) is 0.637. The van der Waals surface area contributed by atoms with Crippen LogP contribution in [0, 0.1) is 0 Å². The van der Waals surface area contributed by atoms with Gasteiger partial charge < -0.3 is 10.2 Å². The SMILES string of the molecule is CC(=O)C(Br)c1ccc(C(O)C(=O)O)c(C=O)c1. The molecule has 0 aliphatic carbocycles. The van der Waals surface area contributed by atoms with E-state index in [0.717, 1.165) is 0 Å². The van der Waals surface area contributed by atoms with Gasteiger partial charge in [0.25, 0.3) is 0 Å².